The zero-order chi connectivity index (χ0) is 11.4. The van der Waals surface area contributed by atoms with E-state index in [0.29, 0.717) is 0 Å². The van der Waals surface area contributed by atoms with Crippen molar-refractivity contribution in [2.45, 2.75) is 24.6 Å². The number of hydrogen-bond donors (Lipinski definition) is 0. The summed E-state index contributed by atoms with van der Waals surface area (Å²) in [5, 5.41) is 0.816. The maximum Gasteiger partial charge on any atom is 0.127 e. The Morgan fingerprint density at radius 3 is 2.75 bits per heavy atom. The molecule has 0 amide bonds. The van der Waals surface area contributed by atoms with Crippen molar-refractivity contribution in [3.63, 3.8) is 0 Å². The van der Waals surface area contributed by atoms with Crippen molar-refractivity contribution >= 4 is 15.9 Å². The zero-order valence-corrected chi connectivity index (χ0v) is 11.1. The first kappa shape index (κ1) is 11.8. The summed E-state index contributed by atoms with van der Waals surface area (Å²) in [6, 6.07) is 5.98. The van der Waals surface area contributed by atoms with E-state index in [2.05, 4.69) is 15.9 Å². The summed E-state index contributed by atoms with van der Waals surface area (Å²) in [7, 11) is 1.68. The Morgan fingerprint density at radius 1 is 1.38 bits per heavy atom. The van der Waals surface area contributed by atoms with Crippen LogP contribution in [-0.4, -0.2) is 13.7 Å². The Labute approximate surface area is 105 Å². The predicted octanol–water partition coefficient (Wildman–Crippen LogP) is 3.77. The molecule has 16 heavy (non-hydrogen) atoms. The summed E-state index contributed by atoms with van der Waals surface area (Å²) in [4.78, 5) is 0. The highest BCUT2D eigenvalue weighted by Crippen LogP contribution is 2.30. The van der Waals surface area contributed by atoms with Gasteiger partial charge in [-0.05, 0) is 24.8 Å². The van der Waals surface area contributed by atoms with E-state index < -0.39 is 0 Å². The van der Waals surface area contributed by atoms with Gasteiger partial charge in [0.1, 0.15) is 11.5 Å². The summed E-state index contributed by atoms with van der Waals surface area (Å²) < 4.78 is 11.1. The molecule has 0 heterocycles. The molecule has 1 saturated carbocycles. The first-order valence-electron chi connectivity index (χ1n) is 5.69. The van der Waals surface area contributed by atoms with E-state index >= 15 is 0 Å². The minimum atomic E-state index is 0.759. The molecule has 2 nitrogen and oxygen atoms in total. The molecule has 0 saturated heterocycles. The van der Waals surface area contributed by atoms with Crippen LogP contribution >= 0.6 is 15.9 Å². The fourth-order valence-corrected chi connectivity index (χ4v) is 2.24. The molecule has 0 aromatic heterocycles. The van der Waals surface area contributed by atoms with E-state index in [-0.39, 0.29) is 0 Å². The summed E-state index contributed by atoms with van der Waals surface area (Å²) in [6.07, 6.45) is 3.98. The van der Waals surface area contributed by atoms with Gasteiger partial charge in [-0.2, -0.15) is 0 Å². The second-order valence-electron chi connectivity index (χ2n) is 4.22. The van der Waals surface area contributed by atoms with Crippen LogP contribution in [-0.2, 0) is 5.33 Å². The lowest BCUT2D eigenvalue weighted by molar-refractivity contribution is 0.179. The van der Waals surface area contributed by atoms with Gasteiger partial charge in [-0.15, -0.1) is 0 Å². The minimum absolute atomic E-state index is 0.759. The van der Waals surface area contributed by atoms with E-state index in [9.17, 15) is 0 Å². The fourth-order valence-electron chi connectivity index (χ4n) is 1.77. The number of hydrogen-bond acceptors (Lipinski definition) is 2. The highest BCUT2D eigenvalue weighted by molar-refractivity contribution is 9.08. The highest BCUT2D eigenvalue weighted by atomic mass is 79.9. The zero-order valence-electron chi connectivity index (χ0n) is 9.54. The van der Waals surface area contributed by atoms with Crippen molar-refractivity contribution in [2.75, 3.05) is 13.7 Å². The summed E-state index contributed by atoms with van der Waals surface area (Å²) in [6.45, 7) is 0.840. The molecule has 1 aromatic carbocycles. The average Bonchev–Trinajstić information content (AvgIpc) is 2.26. The van der Waals surface area contributed by atoms with E-state index in [1.807, 2.05) is 18.2 Å². The van der Waals surface area contributed by atoms with Crippen LogP contribution in [0.2, 0.25) is 0 Å². The standard InChI is InChI=1S/C13H17BrO2/c1-15-12-6-5-11(8-14)13(7-12)16-9-10-3-2-4-10/h5-7,10H,2-4,8-9H2,1H3. The van der Waals surface area contributed by atoms with Crippen LogP contribution in [0, 0.1) is 5.92 Å². The van der Waals surface area contributed by atoms with Gasteiger partial charge in [0.2, 0.25) is 0 Å². The molecular formula is C13H17BrO2. The lowest BCUT2D eigenvalue weighted by Crippen LogP contribution is -2.19. The fraction of sp³-hybridized carbons (Fsp3) is 0.538. The number of benzene rings is 1. The first-order valence-corrected chi connectivity index (χ1v) is 6.81. The van der Waals surface area contributed by atoms with Crippen molar-refractivity contribution in [3.8, 4) is 11.5 Å². The molecule has 0 radical (unpaired) electrons. The normalized spacial score (nSPS) is 15.6. The topological polar surface area (TPSA) is 18.5 Å². The van der Waals surface area contributed by atoms with Gasteiger partial charge < -0.3 is 9.47 Å². The molecule has 0 unspecified atom stereocenters. The molecule has 88 valence electrons. The molecule has 1 aromatic rings. The molecule has 1 aliphatic carbocycles. The van der Waals surface area contributed by atoms with Crippen LogP contribution in [0.4, 0.5) is 0 Å². The molecule has 0 N–H and O–H groups in total. The van der Waals surface area contributed by atoms with E-state index in [1.165, 1.54) is 24.8 Å². The molecule has 0 atom stereocenters. The first-order chi connectivity index (χ1) is 7.83. The summed E-state index contributed by atoms with van der Waals surface area (Å²) in [5.41, 5.74) is 1.18. The third-order valence-corrected chi connectivity index (χ3v) is 3.72. The molecule has 0 spiro atoms. The predicted molar refractivity (Wildman–Crippen MR) is 68.5 cm³/mol. The van der Waals surface area contributed by atoms with Crippen LogP contribution in [0.5, 0.6) is 11.5 Å². The molecule has 0 aliphatic heterocycles. The summed E-state index contributed by atoms with van der Waals surface area (Å²) >= 11 is 3.47. The Kier molecular flexibility index (Phi) is 4.10. The number of ether oxygens (including phenoxy) is 2. The lowest BCUT2D eigenvalue weighted by Gasteiger charge is -2.25. The second kappa shape index (κ2) is 5.58. The smallest absolute Gasteiger partial charge is 0.127 e. The van der Waals surface area contributed by atoms with Gasteiger partial charge in [0.15, 0.2) is 0 Å². The van der Waals surface area contributed by atoms with Crippen LogP contribution in [0.1, 0.15) is 24.8 Å². The quantitative estimate of drug-likeness (QED) is 0.767. The van der Waals surface area contributed by atoms with Gasteiger partial charge in [-0.3, -0.25) is 0 Å². The monoisotopic (exact) mass is 284 g/mol. The van der Waals surface area contributed by atoms with Crippen LogP contribution in [0.15, 0.2) is 18.2 Å². The number of halogens is 1. The molecule has 2 rings (SSSR count). The van der Waals surface area contributed by atoms with Crippen molar-refractivity contribution in [1.82, 2.24) is 0 Å². The van der Waals surface area contributed by atoms with Crippen LogP contribution in [0.25, 0.3) is 0 Å². The van der Waals surface area contributed by atoms with Crippen LogP contribution < -0.4 is 9.47 Å². The Bertz CT molecular complexity index is 348. The second-order valence-corrected chi connectivity index (χ2v) is 4.78. The van der Waals surface area contributed by atoms with Gasteiger partial charge in [-0.25, -0.2) is 0 Å². The Balaban J connectivity index is 2.03. The molecule has 1 fully saturated rings. The highest BCUT2D eigenvalue weighted by Gasteiger charge is 2.18. The van der Waals surface area contributed by atoms with E-state index in [4.69, 9.17) is 9.47 Å². The summed E-state index contributed by atoms with van der Waals surface area (Å²) in [5.74, 6) is 2.56. The maximum absolute atomic E-state index is 5.86. The molecule has 3 heteroatoms. The Hall–Kier alpha value is -0.700. The molecule has 1 aliphatic rings. The Morgan fingerprint density at radius 2 is 2.19 bits per heavy atom. The third kappa shape index (κ3) is 2.70. The van der Waals surface area contributed by atoms with Gasteiger partial charge in [0.25, 0.3) is 0 Å². The van der Waals surface area contributed by atoms with Crippen molar-refractivity contribution in [1.29, 1.82) is 0 Å². The van der Waals surface area contributed by atoms with Crippen LogP contribution in [0.3, 0.4) is 0 Å². The number of alkyl halides is 1. The molecular weight excluding hydrogens is 268 g/mol. The van der Waals surface area contributed by atoms with Crippen molar-refractivity contribution < 1.29 is 9.47 Å². The van der Waals surface area contributed by atoms with Crippen molar-refractivity contribution in [2.24, 2.45) is 5.92 Å². The minimum Gasteiger partial charge on any atom is -0.497 e. The van der Waals surface area contributed by atoms with E-state index in [1.54, 1.807) is 7.11 Å². The van der Waals surface area contributed by atoms with Gasteiger partial charge in [0.05, 0.1) is 13.7 Å². The van der Waals surface area contributed by atoms with Gasteiger partial charge >= 0.3 is 0 Å². The van der Waals surface area contributed by atoms with Gasteiger partial charge in [0, 0.05) is 17.0 Å². The van der Waals surface area contributed by atoms with Gasteiger partial charge in [-0.1, -0.05) is 28.4 Å². The number of methoxy groups -OCH3 is 1. The maximum atomic E-state index is 5.86. The van der Waals surface area contributed by atoms with E-state index in [0.717, 1.165) is 29.4 Å². The molecule has 0 bridgehead atoms. The lowest BCUT2D eigenvalue weighted by atomic mass is 9.86. The third-order valence-electron chi connectivity index (χ3n) is 3.12. The number of rotatable bonds is 5. The largest absolute Gasteiger partial charge is 0.497 e. The van der Waals surface area contributed by atoms with Crippen molar-refractivity contribution in [3.05, 3.63) is 23.8 Å². The SMILES string of the molecule is COc1ccc(CBr)c(OCC2CCC2)c1. The average molecular weight is 285 g/mol.